The molecule has 0 heterocycles. The number of carboxylic acid groups (broad SMARTS) is 1. The summed E-state index contributed by atoms with van der Waals surface area (Å²) < 4.78 is 0.906. The normalized spacial score (nSPS) is 9.88. The second-order valence-corrected chi connectivity index (χ2v) is 4.31. The molecule has 0 fully saturated rings. The van der Waals surface area contributed by atoms with Gasteiger partial charge in [-0.25, -0.2) is 0 Å². The lowest BCUT2D eigenvalue weighted by Gasteiger charge is -2.18. The molecule has 1 amide bonds. The maximum absolute atomic E-state index is 11.2. The minimum Gasteiger partial charge on any atom is -0.480 e. The van der Waals surface area contributed by atoms with Gasteiger partial charge in [-0.1, -0.05) is 28.1 Å². The first-order chi connectivity index (χ1) is 7.49. The van der Waals surface area contributed by atoms with Crippen LogP contribution in [0.15, 0.2) is 28.7 Å². The molecule has 0 saturated heterocycles. The number of benzene rings is 1. The summed E-state index contributed by atoms with van der Waals surface area (Å²) in [6, 6.07) is 7.43. The smallest absolute Gasteiger partial charge is 0.323 e. The lowest BCUT2D eigenvalue weighted by Crippen LogP contribution is -2.33. The first-order valence-electron chi connectivity index (χ1n) is 4.71. The fraction of sp³-hybridized carbons (Fsp3) is 0.273. The van der Waals surface area contributed by atoms with Crippen LogP contribution in [0.1, 0.15) is 12.5 Å². The van der Waals surface area contributed by atoms with Gasteiger partial charge in [0, 0.05) is 17.9 Å². The third-order valence-corrected chi connectivity index (χ3v) is 2.53. The first-order valence-corrected chi connectivity index (χ1v) is 5.50. The van der Waals surface area contributed by atoms with Crippen molar-refractivity contribution in [3.8, 4) is 0 Å². The predicted molar refractivity (Wildman–Crippen MR) is 62.9 cm³/mol. The van der Waals surface area contributed by atoms with Crippen molar-refractivity contribution in [1.29, 1.82) is 0 Å². The Bertz CT molecular complexity index is 406. The van der Waals surface area contributed by atoms with Crippen LogP contribution >= 0.6 is 15.9 Å². The van der Waals surface area contributed by atoms with Crippen molar-refractivity contribution < 1.29 is 14.7 Å². The number of aliphatic carboxylic acids is 1. The highest BCUT2D eigenvalue weighted by Gasteiger charge is 2.12. The predicted octanol–water partition coefficient (Wildman–Crippen LogP) is 1.88. The Labute approximate surface area is 102 Å². The molecule has 0 atom stereocenters. The Hall–Kier alpha value is -1.36. The minimum atomic E-state index is -1.01. The SMILES string of the molecule is CC(=O)N(CC(=O)O)Cc1cccc(Br)c1. The summed E-state index contributed by atoms with van der Waals surface area (Å²) in [5.74, 6) is -1.26. The molecular formula is C11H12BrNO3. The highest BCUT2D eigenvalue weighted by atomic mass is 79.9. The molecule has 0 bridgehead atoms. The molecule has 1 rings (SSSR count). The number of hydrogen-bond donors (Lipinski definition) is 1. The number of amides is 1. The van der Waals surface area contributed by atoms with E-state index in [9.17, 15) is 9.59 Å². The third kappa shape index (κ3) is 4.02. The Balaban J connectivity index is 2.75. The van der Waals surface area contributed by atoms with Crippen molar-refractivity contribution in [1.82, 2.24) is 4.90 Å². The van der Waals surface area contributed by atoms with Crippen molar-refractivity contribution in [3.63, 3.8) is 0 Å². The summed E-state index contributed by atoms with van der Waals surface area (Å²) in [6.45, 7) is 1.39. The van der Waals surface area contributed by atoms with E-state index in [4.69, 9.17) is 5.11 Å². The van der Waals surface area contributed by atoms with Gasteiger partial charge in [-0.2, -0.15) is 0 Å². The fourth-order valence-electron chi connectivity index (χ4n) is 1.30. The zero-order chi connectivity index (χ0) is 12.1. The largest absolute Gasteiger partial charge is 0.480 e. The second-order valence-electron chi connectivity index (χ2n) is 3.40. The summed E-state index contributed by atoms with van der Waals surface area (Å²) in [6.07, 6.45) is 0. The van der Waals surface area contributed by atoms with E-state index in [0.29, 0.717) is 6.54 Å². The molecule has 0 radical (unpaired) electrons. The lowest BCUT2D eigenvalue weighted by atomic mass is 10.2. The third-order valence-electron chi connectivity index (χ3n) is 2.03. The fourth-order valence-corrected chi connectivity index (χ4v) is 1.74. The number of carboxylic acids is 1. The van der Waals surface area contributed by atoms with Crippen molar-refractivity contribution in [2.75, 3.05) is 6.54 Å². The van der Waals surface area contributed by atoms with Crippen LogP contribution in [0.5, 0.6) is 0 Å². The van der Waals surface area contributed by atoms with Gasteiger partial charge < -0.3 is 10.0 Å². The molecule has 16 heavy (non-hydrogen) atoms. The minimum absolute atomic E-state index is 0.248. The van der Waals surface area contributed by atoms with E-state index in [1.165, 1.54) is 11.8 Å². The molecule has 0 spiro atoms. The summed E-state index contributed by atoms with van der Waals surface area (Å²) in [5.41, 5.74) is 0.894. The number of halogens is 1. The van der Waals surface area contributed by atoms with Crippen LogP contribution in [-0.4, -0.2) is 28.4 Å². The highest BCUT2D eigenvalue weighted by Crippen LogP contribution is 2.13. The molecule has 0 aromatic heterocycles. The van der Waals surface area contributed by atoms with Crippen molar-refractivity contribution in [2.45, 2.75) is 13.5 Å². The van der Waals surface area contributed by atoms with E-state index < -0.39 is 5.97 Å². The Morgan fingerprint density at radius 2 is 2.12 bits per heavy atom. The van der Waals surface area contributed by atoms with E-state index >= 15 is 0 Å². The van der Waals surface area contributed by atoms with E-state index in [1.807, 2.05) is 24.3 Å². The molecular weight excluding hydrogens is 274 g/mol. The van der Waals surface area contributed by atoms with Crippen LogP contribution in [0.4, 0.5) is 0 Å². The Kier molecular flexibility index (Phi) is 4.49. The van der Waals surface area contributed by atoms with Gasteiger partial charge in [-0.05, 0) is 17.7 Å². The van der Waals surface area contributed by atoms with Crippen LogP contribution in [0.3, 0.4) is 0 Å². The van der Waals surface area contributed by atoms with Crippen LogP contribution < -0.4 is 0 Å². The number of carbonyl (C=O) groups excluding carboxylic acids is 1. The van der Waals surface area contributed by atoms with Crippen LogP contribution in [-0.2, 0) is 16.1 Å². The summed E-state index contributed by atoms with van der Waals surface area (Å²) >= 11 is 3.32. The van der Waals surface area contributed by atoms with E-state index in [1.54, 1.807) is 0 Å². The molecule has 0 aliphatic heterocycles. The lowest BCUT2D eigenvalue weighted by molar-refractivity contribution is -0.144. The van der Waals surface area contributed by atoms with Crippen LogP contribution in [0, 0.1) is 0 Å². The molecule has 5 heteroatoms. The second kappa shape index (κ2) is 5.65. The van der Waals surface area contributed by atoms with E-state index in [-0.39, 0.29) is 12.5 Å². The topological polar surface area (TPSA) is 57.6 Å². The van der Waals surface area contributed by atoms with Gasteiger partial charge in [0.2, 0.25) is 5.91 Å². The summed E-state index contributed by atoms with van der Waals surface area (Å²) in [4.78, 5) is 23.1. The monoisotopic (exact) mass is 285 g/mol. The van der Waals surface area contributed by atoms with Crippen LogP contribution in [0.25, 0.3) is 0 Å². The Morgan fingerprint density at radius 1 is 1.44 bits per heavy atom. The van der Waals surface area contributed by atoms with E-state index in [2.05, 4.69) is 15.9 Å². The molecule has 0 unspecified atom stereocenters. The Morgan fingerprint density at radius 3 is 2.62 bits per heavy atom. The van der Waals surface area contributed by atoms with Gasteiger partial charge in [0.15, 0.2) is 0 Å². The number of carbonyl (C=O) groups is 2. The molecule has 0 saturated carbocycles. The maximum Gasteiger partial charge on any atom is 0.323 e. The van der Waals surface area contributed by atoms with Gasteiger partial charge in [0.05, 0.1) is 0 Å². The zero-order valence-electron chi connectivity index (χ0n) is 8.81. The zero-order valence-corrected chi connectivity index (χ0v) is 10.4. The van der Waals surface area contributed by atoms with Gasteiger partial charge in [-0.15, -0.1) is 0 Å². The average Bonchev–Trinajstić information content (AvgIpc) is 2.15. The van der Waals surface area contributed by atoms with Gasteiger partial charge in [0.1, 0.15) is 6.54 Å². The molecule has 86 valence electrons. The maximum atomic E-state index is 11.2. The van der Waals surface area contributed by atoms with Gasteiger partial charge in [-0.3, -0.25) is 9.59 Å². The van der Waals surface area contributed by atoms with Gasteiger partial charge >= 0.3 is 5.97 Å². The first kappa shape index (κ1) is 12.7. The molecule has 1 aromatic carbocycles. The number of hydrogen-bond acceptors (Lipinski definition) is 2. The highest BCUT2D eigenvalue weighted by molar-refractivity contribution is 9.10. The molecule has 0 aliphatic carbocycles. The van der Waals surface area contributed by atoms with Crippen molar-refractivity contribution >= 4 is 27.8 Å². The van der Waals surface area contributed by atoms with E-state index in [0.717, 1.165) is 10.0 Å². The standard InChI is InChI=1S/C11H12BrNO3/c1-8(14)13(7-11(15)16)6-9-3-2-4-10(12)5-9/h2-5H,6-7H2,1H3,(H,15,16). The molecule has 1 N–H and O–H groups in total. The average molecular weight is 286 g/mol. The summed E-state index contributed by atoms with van der Waals surface area (Å²) in [7, 11) is 0. The molecule has 4 nitrogen and oxygen atoms in total. The van der Waals surface area contributed by atoms with Crippen molar-refractivity contribution in [3.05, 3.63) is 34.3 Å². The number of rotatable bonds is 4. The van der Waals surface area contributed by atoms with Crippen LogP contribution in [0.2, 0.25) is 0 Å². The van der Waals surface area contributed by atoms with Gasteiger partial charge in [0.25, 0.3) is 0 Å². The molecule has 0 aliphatic rings. The molecule has 1 aromatic rings. The number of nitrogens with zero attached hydrogens (tertiary/aromatic N) is 1. The van der Waals surface area contributed by atoms with Crippen molar-refractivity contribution in [2.24, 2.45) is 0 Å². The summed E-state index contributed by atoms with van der Waals surface area (Å²) in [5, 5.41) is 8.66. The quantitative estimate of drug-likeness (QED) is 0.919.